The van der Waals surface area contributed by atoms with E-state index in [4.69, 9.17) is 10.1 Å². The number of pyridine rings is 1. The summed E-state index contributed by atoms with van der Waals surface area (Å²) < 4.78 is 1.94. The molecule has 3 heterocycles. The minimum absolute atomic E-state index is 0.0455. The van der Waals surface area contributed by atoms with Gasteiger partial charge >= 0.3 is 0 Å². The number of anilines is 3. The number of nitrogens with one attached hydrogen (secondary N) is 1. The second kappa shape index (κ2) is 9.61. The van der Waals surface area contributed by atoms with Crippen molar-refractivity contribution in [2.45, 2.75) is 57.4 Å². The van der Waals surface area contributed by atoms with Crippen molar-refractivity contribution in [3.63, 3.8) is 0 Å². The molecule has 3 atom stereocenters. The van der Waals surface area contributed by atoms with Crippen molar-refractivity contribution in [3.8, 4) is 0 Å². The number of nitrogens with zero attached hydrogens (tertiary/aromatic N) is 4. The molecular formula is C28H35N5O2. The predicted molar refractivity (Wildman–Crippen MR) is 139 cm³/mol. The fourth-order valence-corrected chi connectivity index (χ4v) is 6.69. The Morgan fingerprint density at radius 2 is 1.83 bits per heavy atom. The van der Waals surface area contributed by atoms with Crippen LogP contribution in [-0.2, 0) is 0 Å². The van der Waals surface area contributed by atoms with E-state index in [1.54, 1.807) is 6.07 Å². The number of aromatic nitrogens is 3. The lowest BCUT2D eigenvalue weighted by atomic mass is 9.92. The van der Waals surface area contributed by atoms with Crippen LogP contribution in [0.15, 0.2) is 47.4 Å². The van der Waals surface area contributed by atoms with E-state index < -0.39 is 0 Å². The molecule has 2 saturated carbocycles. The third-order valence-electron chi connectivity index (χ3n) is 8.57. The van der Waals surface area contributed by atoms with Crippen LogP contribution in [0.4, 0.5) is 17.3 Å². The molecule has 1 aromatic carbocycles. The van der Waals surface area contributed by atoms with Gasteiger partial charge in [0.2, 0.25) is 5.95 Å². The van der Waals surface area contributed by atoms with Crippen LogP contribution in [0.5, 0.6) is 0 Å². The smallest absolute Gasteiger partial charge is 0.252 e. The minimum Gasteiger partial charge on any atom is -0.396 e. The van der Waals surface area contributed by atoms with Gasteiger partial charge in [0.05, 0.1) is 0 Å². The van der Waals surface area contributed by atoms with E-state index >= 15 is 0 Å². The molecule has 1 saturated heterocycles. The molecule has 0 radical (unpaired) electrons. The molecule has 184 valence electrons. The first-order chi connectivity index (χ1) is 17.2. The van der Waals surface area contributed by atoms with Gasteiger partial charge in [0.1, 0.15) is 5.65 Å². The van der Waals surface area contributed by atoms with Gasteiger partial charge in [-0.3, -0.25) is 9.36 Å². The molecule has 35 heavy (non-hydrogen) atoms. The summed E-state index contributed by atoms with van der Waals surface area (Å²) in [5.74, 6) is 2.62. The van der Waals surface area contributed by atoms with Crippen LogP contribution < -0.4 is 15.8 Å². The van der Waals surface area contributed by atoms with Gasteiger partial charge in [-0.2, -0.15) is 4.98 Å². The van der Waals surface area contributed by atoms with Gasteiger partial charge < -0.3 is 15.3 Å². The average Bonchev–Trinajstić information content (AvgIpc) is 3.52. The Bertz CT molecular complexity index is 1230. The van der Waals surface area contributed by atoms with Crippen LogP contribution in [0, 0.1) is 17.8 Å². The highest BCUT2D eigenvalue weighted by atomic mass is 16.2. The summed E-state index contributed by atoms with van der Waals surface area (Å²) in [4.78, 5) is 24.7. The van der Waals surface area contributed by atoms with Crippen molar-refractivity contribution in [3.05, 3.63) is 52.9 Å². The van der Waals surface area contributed by atoms with E-state index in [1.165, 1.54) is 37.8 Å². The lowest BCUT2D eigenvalue weighted by Crippen LogP contribution is -2.33. The molecule has 2 N–H and O–H groups in total. The maximum absolute atomic E-state index is 12.9. The van der Waals surface area contributed by atoms with Gasteiger partial charge in [0.25, 0.3) is 5.56 Å². The fourth-order valence-electron chi connectivity index (χ4n) is 6.69. The summed E-state index contributed by atoms with van der Waals surface area (Å²) in [6.07, 6.45) is 11.1. The number of aliphatic hydroxyl groups is 1. The third-order valence-corrected chi connectivity index (χ3v) is 8.57. The van der Waals surface area contributed by atoms with E-state index in [1.807, 2.05) is 16.8 Å². The maximum atomic E-state index is 12.9. The van der Waals surface area contributed by atoms with E-state index in [9.17, 15) is 4.79 Å². The Balaban J connectivity index is 1.17. The molecule has 0 spiro atoms. The summed E-state index contributed by atoms with van der Waals surface area (Å²) in [6, 6.07) is 12.2. The number of rotatable bonds is 7. The normalized spacial score (nSPS) is 24.4. The van der Waals surface area contributed by atoms with Crippen LogP contribution in [0.25, 0.3) is 11.0 Å². The van der Waals surface area contributed by atoms with Gasteiger partial charge in [0, 0.05) is 54.8 Å². The van der Waals surface area contributed by atoms with Gasteiger partial charge in [-0.05, 0) is 93.0 Å². The topological polar surface area (TPSA) is 83.3 Å². The summed E-state index contributed by atoms with van der Waals surface area (Å²) >= 11 is 0. The van der Waals surface area contributed by atoms with Crippen LogP contribution in [-0.4, -0.2) is 39.3 Å². The molecule has 2 aromatic heterocycles. The molecule has 1 aliphatic heterocycles. The zero-order chi connectivity index (χ0) is 23.8. The molecule has 0 amide bonds. The molecule has 2 unspecified atom stereocenters. The summed E-state index contributed by atoms with van der Waals surface area (Å²) in [7, 11) is 0. The fraction of sp³-hybridized carbons (Fsp3) is 0.536. The molecule has 2 bridgehead atoms. The van der Waals surface area contributed by atoms with Crippen molar-refractivity contribution < 1.29 is 5.11 Å². The number of fused-ring (bicyclic) bond motifs is 3. The molecule has 7 nitrogen and oxygen atoms in total. The molecule has 2 aliphatic carbocycles. The van der Waals surface area contributed by atoms with Crippen LogP contribution in [0.3, 0.4) is 0 Å². The van der Waals surface area contributed by atoms with Crippen LogP contribution in [0.2, 0.25) is 0 Å². The summed E-state index contributed by atoms with van der Waals surface area (Å²) in [6.45, 7) is 2.43. The van der Waals surface area contributed by atoms with Crippen molar-refractivity contribution in [1.82, 2.24) is 14.5 Å². The number of hydrogen-bond donors (Lipinski definition) is 2. The van der Waals surface area contributed by atoms with Gasteiger partial charge in [0.15, 0.2) is 0 Å². The Morgan fingerprint density at radius 3 is 2.54 bits per heavy atom. The Kier molecular flexibility index (Phi) is 6.19. The molecule has 3 fully saturated rings. The van der Waals surface area contributed by atoms with Crippen molar-refractivity contribution >= 4 is 28.4 Å². The first kappa shape index (κ1) is 22.5. The van der Waals surface area contributed by atoms with E-state index in [0.29, 0.717) is 18.5 Å². The van der Waals surface area contributed by atoms with E-state index in [-0.39, 0.29) is 11.6 Å². The second-order valence-corrected chi connectivity index (χ2v) is 10.7. The zero-order valence-electron chi connectivity index (χ0n) is 20.3. The van der Waals surface area contributed by atoms with E-state index in [0.717, 1.165) is 60.9 Å². The predicted octanol–water partition coefficient (Wildman–Crippen LogP) is 4.89. The van der Waals surface area contributed by atoms with Crippen molar-refractivity contribution in [2.24, 2.45) is 17.8 Å². The summed E-state index contributed by atoms with van der Waals surface area (Å²) in [5, 5.41) is 13.3. The lowest BCUT2D eigenvalue weighted by molar-refractivity contribution is 0.261. The standard InChI is InChI=1S/C28H35N5O2/c34-15-1-2-19-11-13-32(14-12-19)24-8-6-23(7-9-24)30-28-29-18-22-5-10-26(35)33(27(22)31-28)25-17-20-3-4-21(25)16-20/h5-10,18-21,25,34H,1-4,11-17H2,(H,29,30,31)/t20?,21?,25-/m0/s1. The largest absolute Gasteiger partial charge is 0.396 e. The van der Waals surface area contributed by atoms with Gasteiger partial charge in [-0.25, -0.2) is 4.98 Å². The first-order valence-electron chi connectivity index (χ1n) is 13.3. The quantitative estimate of drug-likeness (QED) is 0.509. The Hall–Kier alpha value is -2.93. The zero-order valence-corrected chi connectivity index (χ0v) is 20.3. The summed E-state index contributed by atoms with van der Waals surface area (Å²) in [5.41, 5.74) is 2.97. The highest BCUT2D eigenvalue weighted by Gasteiger charge is 2.41. The Morgan fingerprint density at radius 1 is 1.00 bits per heavy atom. The Labute approximate surface area is 206 Å². The average molecular weight is 474 g/mol. The monoisotopic (exact) mass is 473 g/mol. The molecule has 7 heteroatoms. The lowest BCUT2D eigenvalue weighted by Gasteiger charge is -2.33. The highest BCUT2D eigenvalue weighted by Crippen LogP contribution is 2.50. The second-order valence-electron chi connectivity index (χ2n) is 10.7. The molecular weight excluding hydrogens is 438 g/mol. The van der Waals surface area contributed by atoms with Gasteiger partial charge in [-0.15, -0.1) is 0 Å². The molecule has 6 rings (SSSR count). The first-order valence-corrected chi connectivity index (χ1v) is 13.3. The third kappa shape index (κ3) is 4.54. The molecule has 3 aromatic rings. The number of piperidine rings is 1. The van der Waals surface area contributed by atoms with Crippen molar-refractivity contribution in [2.75, 3.05) is 29.9 Å². The highest BCUT2D eigenvalue weighted by molar-refractivity contribution is 5.76. The number of benzene rings is 1. The SMILES string of the molecule is O=c1ccc2cnc(Nc3ccc(N4CCC(CCCO)CC4)cc3)nc2n1[C@H]1CC2CCC1C2. The minimum atomic E-state index is 0.0455. The van der Waals surface area contributed by atoms with Crippen LogP contribution >= 0.6 is 0 Å². The number of aliphatic hydroxyl groups excluding tert-OH is 1. The van der Waals surface area contributed by atoms with E-state index in [2.05, 4.69) is 39.5 Å². The number of hydrogen-bond acceptors (Lipinski definition) is 6. The maximum Gasteiger partial charge on any atom is 0.252 e. The van der Waals surface area contributed by atoms with Crippen LogP contribution in [0.1, 0.15) is 57.4 Å². The van der Waals surface area contributed by atoms with Gasteiger partial charge in [-0.1, -0.05) is 6.42 Å². The van der Waals surface area contributed by atoms with Crippen molar-refractivity contribution in [1.29, 1.82) is 0 Å². The molecule has 3 aliphatic rings.